The summed E-state index contributed by atoms with van der Waals surface area (Å²) in [6.45, 7) is 2.28. The lowest BCUT2D eigenvalue weighted by molar-refractivity contribution is -0.131. The molecule has 1 aliphatic rings. The zero-order valence-electron chi connectivity index (χ0n) is 13.9. The summed E-state index contributed by atoms with van der Waals surface area (Å²) < 4.78 is 0. The van der Waals surface area contributed by atoms with Crippen LogP contribution in [0.1, 0.15) is 18.9 Å². The number of imide groups is 1. The molecule has 0 bridgehead atoms. The number of rotatable bonds is 6. The fourth-order valence-corrected chi connectivity index (χ4v) is 3.94. The largest absolute Gasteiger partial charge is 0.325 e. The van der Waals surface area contributed by atoms with E-state index in [4.69, 9.17) is 11.6 Å². The van der Waals surface area contributed by atoms with E-state index in [1.165, 1.54) is 4.90 Å². The number of nitrogens with zero attached hydrogens (tertiary/aromatic N) is 1. The van der Waals surface area contributed by atoms with Gasteiger partial charge in [0.15, 0.2) is 0 Å². The predicted molar refractivity (Wildman–Crippen MR) is 101 cm³/mol. The number of carbonyl (C=O) groups excluding carboxylic acids is 2. The number of halogens is 1. The molecule has 1 fully saturated rings. The molecule has 0 spiro atoms. The van der Waals surface area contributed by atoms with Crippen LogP contribution in [0.5, 0.6) is 0 Å². The highest BCUT2D eigenvalue weighted by molar-refractivity contribution is 7.99. The average molecular weight is 375 g/mol. The molecule has 130 valence electrons. The van der Waals surface area contributed by atoms with E-state index >= 15 is 0 Å². The van der Waals surface area contributed by atoms with E-state index in [1.54, 1.807) is 11.8 Å². The summed E-state index contributed by atoms with van der Waals surface area (Å²) in [6.07, 6.45) is 0.516. The number of hydrogen-bond donors (Lipinski definition) is 1. The van der Waals surface area contributed by atoms with Gasteiger partial charge in [-0.05, 0) is 36.2 Å². The van der Waals surface area contributed by atoms with Crippen LogP contribution in [0, 0.1) is 0 Å². The first-order valence-electron chi connectivity index (χ1n) is 8.15. The summed E-state index contributed by atoms with van der Waals surface area (Å²) in [4.78, 5) is 27.7. The highest BCUT2D eigenvalue weighted by Crippen LogP contribution is 2.32. The molecule has 2 aromatic carbocycles. The zero-order valence-corrected chi connectivity index (χ0v) is 15.4. The number of amides is 3. The normalized spacial score (nSPS) is 20.0. The van der Waals surface area contributed by atoms with E-state index in [0.717, 1.165) is 10.5 Å². The summed E-state index contributed by atoms with van der Waals surface area (Å²) in [5, 5.41) is 3.59. The highest BCUT2D eigenvalue weighted by atomic mass is 35.5. The fourth-order valence-electron chi connectivity index (χ4n) is 2.98. The molecular weight excluding hydrogens is 356 g/mol. The van der Waals surface area contributed by atoms with Crippen LogP contribution in [0.3, 0.4) is 0 Å². The lowest BCUT2D eigenvalue weighted by atomic mass is 9.87. The van der Waals surface area contributed by atoms with E-state index in [9.17, 15) is 9.59 Å². The molecule has 6 heteroatoms. The van der Waals surface area contributed by atoms with Crippen molar-refractivity contribution in [3.63, 3.8) is 0 Å². The van der Waals surface area contributed by atoms with Gasteiger partial charge in [-0.15, -0.1) is 11.8 Å². The van der Waals surface area contributed by atoms with Gasteiger partial charge in [0.25, 0.3) is 5.91 Å². The van der Waals surface area contributed by atoms with Crippen LogP contribution in [0.15, 0.2) is 59.5 Å². The maximum atomic E-state index is 13.0. The molecule has 4 nitrogen and oxygen atoms in total. The number of benzene rings is 2. The lowest BCUT2D eigenvalue weighted by Gasteiger charge is -2.25. The third kappa shape index (κ3) is 3.53. The first-order valence-corrected chi connectivity index (χ1v) is 9.51. The average Bonchev–Trinajstić information content (AvgIpc) is 2.89. The second-order valence-corrected chi connectivity index (χ2v) is 7.42. The first-order chi connectivity index (χ1) is 12.1. The van der Waals surface area contributed by atoms with Crippen molar-refractivity contribution in [2.24, 2.45) is 0 Å². The van der Waals surface area contributed by atoms with Crippen LogP contribution in [0.2, 0.25) is 5.02 Å². The monoisotopic (exact) mass is 374 g/mol. The maximum Gasteiger partial charge on any atom is 0.325 e. The molecule has 0 aromatic heterocycles. The van der Waals surface area contributed by atoms with Crippen LogP contribution in [0.4, 0.5) is 4.79 Å². The number of carbonyl (C=O) groups is 2. The number of urea groups is 1. The van der Waals surface area contributed by atoms with Crippen LogP contribution < -0.4 is 5.32 Å². The van der Waals surface area contributed by atoms with Gasteiger partial charge in [0.1, 0.15) is 5.54 Å². The topological polar surface area (TPSA) is 49.4 Å². The molecule has 1 atom stereocenters. The Morgan fingerprint density at radius 2 is 1.76 bits per heavy atom. The Hall–Kier alpha value is -1.98. The van der Waals surface area contributed by atoms with Crippen molar-refractivity contribution in [1.82, 2.24) is 10.2 Å². The molecule has 0 saturated carbocycles. The van der Waals surface area contributed by atoms with Crippen molar-refractivity contribution >= 4 is 35.3 Å². The van der Waals surface area contributed by atoms with Crippen molar-refractivity contribution in [3.05, 3.63) is 65.2 Å². The van der Waals surface area contributed by atoms with Crippen molar-refractivity contribution in [2.45, 2.75) is 23.8 Å². The lowest BCUT2D eigenvalue weighted by Crippen LogP contribution is -2.43. The SMILES string of the molecule is CCC1(c2ccccc2)NC(=O)N(CCSc2ccc(Cl)cc2)C1=O. The van der Waals surface area contributed by atoms with Gasteiger partial charge in [0, 0.05) is 22.2 Å². The molecule has 0 aliphatic carbocycles. The molecule has 0 radical (unpaired) electrons. The summed E-state index contributed by atoms with van der Waals surface area (Å²) in [6, 6.07) is 16.6. The molecule has 1 N–H and O–H groups in total. The van der Waals surface area contributed by atoms with Crippen LogP contribution >= 0.6 is 23.4 Å². The van der Waals surface area contributed by atoms with Gasteiger partial charge in [-0.2, -0.15) is 0 Å². The number of nitrogens with one attached hydrogen (secondary N) is 1. The van der Waals surface area contributed by atoms with Gasteiger partial charge < -0.3 is 5.32 Å². The molecule has 1 aliphatic heterocycles. The van der Waals surface area contributed by atoms with E-state index in [-0.39, 0.29) is 11.9 Å². The highest BCUT2D eigenvalue weighted by Gasteiger charge is 2.50. The van der Waals surface area contributed by atoms with Gasteiger partial charge in [-0.3, -0.25) is 9.69 Å². The first kappa shape index (κ1) is 17.8. The van der Waals surface area contributed by atoms with Gasteiger partial charge in [-0.25, -0.2) is 4.79 Å². The van der Waals surface area contributed by atoms with Gasteiger partial charge >= 0.3 is 6.03 Å². The number of hydrogen-bond acceptors (Lipinski definition) is 3. The summed E-state index contributed by atoms with van der Waals surface area (Å²) in [5.74, 6) is 0.456. The molecule has 3 rings (SSSR count). The molecule has 2 aromatic rings. The molecule has 1 heterocycles. The predicted octanol–water partition coefficient (Wildman–Crippen LogP) is 4.29. The summed E-state index contributed by atoms with van der Waals surface area (Å²) in [5.41, 5.74) is -0.132. The van der Waals surface area contributed by atoms with Crippen molar-refractivity contribution < 1.29 is 9.59 Å². The van der Waals surface area contributed by atoms with Crippen molar-refractivity contribution in [2.75, 3.05) is 12.3 Å². The number of thioether (sulfide) groups is 1. The minimum Gasteiger partial charge on any atom is -0.319 e. The zero-order chi connectivity index (χ0) is 17.9. The molecular formula is C19H19ClN2O2S. The molecule has 3 amide bonds. The Morgan fingerprint density at radius 3 is 2.40 bits per heavy atom. The molecule has 1 unspecified atom stereocenters. The maximum absolute atomic E-state index is 13.0. The smallest absolute Gasteiger partial charge is 0.319 e. The van der Waals surface area contributed by atoms with E-state index in [1.807, 2.05) is 61.5 Å². The van der Waals surface area contributed by atoms with Crippen LogP contribution in [-0.4, -0.2) is 29.1 Å². The van der Waals surface area contributed by atoms with Crippen LogP contribution in [-0.2, 0) is 10.3 Å². The Kier molecular flexibility index (Phi) is 5.35. The Labute approximate surface area is 156 Å². The van der Waals surface area contributed by atoms with Gasteiger partial charge in [0.05, 0.1) is 0 Å². The minimum atomic E-state index is -0.955. The third-order valence-electron chi connectivity index (χ3n) is 4.37. The Morgan fingerprint density at radius 1 is 1.08 bits per heavy atom. The van der Waals surface area contributed by atoms with E-state index in [0.29, 0.717) is 23.7 Å². The Balaban J connectivity index is 1.69. The standard InChI is InChI=1S/C19H19ClN2O2S/c1-2-19(14-6-4-3-5-7-14)17(23)22(18(24)21-19)12-13-25-16-10-8-15(20)9-11-16/h3-11H,2,12-13H2,1H3,(H,21,24). The van der Waals surface area contributed by atoms with Gasteiger partial charge in [-0.1, -0.05) is 48.9 Å². The van der Waals surface area contributed by atoms with Gasteiger partial charge in [0.2, 0.25) is 0 Å². The second kappa shape index (κ2) is 7.50. The molecule has 25 heavy (non-hydrogen) atoms. The molecule has 1 saturated heterocycles. The second-order valence-electron chi connectivity index (χ2n) is 5.81. The van der Waals surface area contributed by atoms with Crippen molar-refractivity contribution in [3.8, 4) is 0 Å². The Bertz CT molecular complexity index is 767. The quantitative estimate of drug-likeness (QED) is 0.606. The van der Waals surface area contributed by atoms with E-state index < -0.39 is 5.54 Å². The van der Waals surface area contributed by atoms with Crippen LogP contribution in [0.25, 0.3) is 0 Å². The fraction of sp³-hybridized carbons (Fsp3) is 0.263. The minimum absolute atomic E-state index is 0.178. The van der Waals surface area contributed by atoms with Crippen molar-refractivity contribution in [1.29, 1.82) is 0 Å². The van der Waals surface area contributed by atoms with E-state index in [2.05, 4.69) is 5.32 Å². The summed E-state index contributed by atoms with van der Waals surface area (Å²) in [7, 11) is 0. The summed E-state index contributed by atoms with van der Waals surface area (Å²) >= 11 is 7.47. The third-order valence-corrected chi connectivity index (χ3v) is 5.61.